The first kappa shape index (κ1) is 19.1. The van der Waals surface area contributed by atoms with Crippen LogP contribution in [0.4, 0.5) is 5.69 Å². The molecule has 0 saturated carbocycles. The van der Waals surface area contributed by atoms with Crippen LogP contribution < -0.4 is 10.1 Å². The smallest absolute Gasteiger partial charge is 0.303 e. The van der Waals surface area contributed by atoms with E-state index in [0.717, 1.165) is 17.0 Å². The fourth-order valence-corrected chi connectivity index (χ4v) is 3.97. The van der Waals surface area contributed by atoms with Crippen molar-refractivity contribution in [3.63, 3.8) is 0 Å². The largest absolute Gasteiger partial charge is 0.489 e. The predicted molar refractivity (Wildman–Crippen MR) is 116 cm³/mol. The van der Waals surface area contributed by atoms with E-state index in [-0.39, 0.29) is 12.5 Å². The SMILES string of the molecule is Cc1cccc(C)c1-c1cccc(C2COc3cc(CCC(=O)O)ccc3N2)c1. The molecule has 1 heterocycles. The Labute approximate surface area is 171 Å². The zero-order valence-electron chi connectivity index (χ0n) is 16.7. The van der Waals surface area contributed by atoms with Crippen molar-refractivity contribution in [2.24, 2.45) is 0 Å². The molecule has 3 aromatic carbocycles. The first-order valence-electron chi connectivity index (χ1n) is 9.92. The third-order valence-electron chi connectivity index (χ3n) is 5.47. The number of benzene rings is 3. The quantitative estimate of drug-likeness (QED) is 0.604. The fourth-order valence-electron chi connectivity index (χ4n) is 3.97. The number of fused-ring (bicyclic) bond motifs is 1. The van der Waals surface area contributed by atoms with E-state index in [0.29, 0.717) is 13.0 Å². The van der Waals surface area contributed by atoms with E-state index < -0.39 is 5.97 Å². The first-order chi connectivity index (χ1) is 14.0. The highest BCUT2D eigenvalue weighted by Gasteiger charge is 2.21. The van der Waals surface area contributed by atoms with Gasteiger partial charge in [-0.25, -0.2) is 0 Å². The standard InChI is InChI=1S/C25H25NO3/c1-16-5-3-6-17(2)25(16)20-8-4-7-19(14-20)22-15-29-23-13-18(10-12-24(27)28)9-11-21(23)26-22/h3-9,11,13-14,22,26H,10,12,15H2,1-2H3,(H,27,28). The number of nitrogens with one attached hydrogen (secondary N) is 1. The minimum Gasteiger partial charge on any atom is -0.489 e. The van der Waals surface area contributed by atoms with Gasteiger partial charge < -0.3 is 15.2 Å². The summed E-state index contributed by atoms with van der Waals surface area (Å²) in [5, 5.41) is 12.4. The zero-order valence-corrected chi connectivity index (χ0v) is 16.7. The molecule has 1 unspecified atom stereocenters. The minimum atomic E-state index is -0.786. The Hall–Kier alpha value is -3.27. The molecule has 0 aromatic heterocycles. The Morgan fingerprint density at radius 3 is 2.59 bits per heavy atom. The molecule has 0 fully saturated rings. The summed E-state index contributed by atoms with van der Waals surface area (Å²) in [7, 11) is 0. The normalized spacial score (nSPS) is 15.2. The van der Waals surface area contributed by atoms with Gasteiger partial charge in [0.25, 0.3) is 0 Å². The maximum absolute atomic E-state index is 10.8. The van der Waals surface area contributed by atoms with Gasteiger partial charge in [0.1, 0.15) is 12.4 Å². The summed E-state index contributed by atoms with van der Waals surface area (Å²) in [4.78, 5) is 10.8. The van der Waals surface area contributed by atoms with Gasteiger partial charge in [-0.05, 0) is 71.8 Å². The molecule has 4 rings (SSSR count). The summed E-state index contributed by atoms with van der Waals surface area (Å²) in [6.07, 6.45) is 0.632. The molecule has 1 aliphatic heterocycles. The highest BCUT2D eigenvalue weighted by atomic mass is 16.5. The van der Waals surface area contributed by atoms with Crippen LogP contribution in [0.25, 0.3) is 11.1 Å². The topological polar surface area (TPSA) is 58.6 Å². The molecule has 0 spiro atoms. The van der Waals surface area contributed by atoms with Crippen LogP contribution in [0, 0.1) is 13.8 Å². The molecule has 0 aliphatic carbocycles. The van der Waals surface area contributed by atoms with Crippen LogP contribution in [0.3, 0.4) is 0 Å². The van der Waals surface area contributed by atoms with Gasteiger partial charge in [0, 0.05) is 6.42 Å². The van der Waals surface area contributed by atoms with Gasteiger partial charge in [-0.3, -0.25) is 4.79 Å². The molecule has 4 heteroatoms. The number of carbonyl (C=O) groups is 1. The molecule has 1 atom stereocenters. The average Bonchev–Trinajstić information content (AvgIpc) is 2.72. The fraction of sp³-hybridized carbons (Fsp3) is 0.240. The first-order valence-corrected chi connectivity index (χ1v) is 9.92. The van der Waals surface area contributed by atoms with Crippen LogP contribution in [0.15, 0.2) is 60.7 Å². The summed E-state index contributed by atoms with van der Waals surface area (Å²) < 4.78 is 6.02. The van der Waals surface area contributed by atoms with Crippen molar-refractivity contribution in [3.8, 4) is 16.9 Å². The lowest BCUT2D eigenvalue weighted by molar-refractivity contribution is -0.136. The van der Waals surface area contributed by atoms with Crippen molar-refractivity contribution in [2.45, 2.75) is 32.7 Å². The lowest BCUT2D eigenvalue weighted by Crippen LogP contribution is -2.24. The number of rotatable bonds is 5. The van der Waals surface area contributed by atoms with Crippen LogP contribution in [0.2, 0.25) is 0 Å². The van der Waals surface area contributed by atoms with Crippen LogP contribution >= 0.6 is 0 Å². The Morgan fingerprint density at radius 1 is 1.07 bits per heavy atom. The molecule has 0 radical (unpaired) electrons. The number of hydrogen-bond acceptors (Lipinski definition) is 3. The number of anilines is 1. The van der Waals surface area contributed by atoms with E-state index in [9.17, 15) is 4.79 Å². The number of aryl methyl sites for hydroxylation is 3. The lowest BCUT2D eigenvalue weighted by Gasteiger charge is -2.28. The summed E-state index contributed by atoms with van der Waals surface area (Å²) >= 11 is 0. The molecule has 148 valence electrons. The molecule has 3 aromatic rings. The summed E-state index contributed by atoms with van der Waals surface area (Å²) in [5.74, 6) is 0.000594. The van der Waals surface area contributed by atoms with Crippen molar-refractivity contribution in [2.75, 3.05) is 11.9 Å². The second-order valence-electron chi connectivity index (χ2n) is 7.62. The Balaban J connectivity index is 1.56. The molecule has 0 bridgehead atoms. The average molecular weight is 387 g/mol. The predicted octanol–water partition coefficient (Wildman–Crippen LogP) is 5.53. The second-order valence-corrected chi connectivity index (χ2v) is 7.62. The highest BCUT2D eigenvalue weighted by molar-refractivity contribution is 5.72. The molecule has 4 nitrogen and oxygen atoms in total. The monoisotopic (exact) mass is 387 g/mol. The van der Waals surface area contributed by atoms with E-state index in [4.69, 9.17) is 9.84 Å². The van der Waals surface area contributed by atoms with E-state index in [1.54, 1.807) is 0 Å². The van der Waals surface area contributed by atoms with Gasteiger partial charge >= 0.3 is 5.97 Å². The van der Waals surface area contributed by atoms with Gasteiger partial charge in [0.05, 0.1) is 11.7 Å². The van der Waals surface area contributed by atoms with Crippen molar-refractivity contribution in [1.29, 1.82) is 0 Å². The van der Waals surface area contributed by atoms with Crippen LogP contribution in [-0.4, -0.2) is 17.7 Å². The number of carboxylic acid groups (broad SMARTS) is 1. The van der Waals surface area contributed by atoms with Gasteiger partial charge in [-0.2, -0.15) is 0 Å². The van der Waals surface area contributed by atoms with Crippen molar-refractivity contribution in [1.82, 2.24) is 0 Å². The summed E-state index contributed by atoms with van der Waals surface area (Å²) in [6, 6.07) is 21.0. The molecule has 2 N–H and O–H groups in total. The molecule has 29 heavy (non-hydrogen) atoms. The number of carboxylic acids is 1. The maximum atomic E-state index is 10.8. The van der Waals surface area contributed by atoms with E-state index in [2.05, 4.69) is 61.6 Å². The Morgan fingerprint density at radius 2 is 1.83 bits per heavy atom. The van der Waals surface area contributed by atoms with Crippen LogP contribution in [0.5, 0.6) is 5.75 Å². The van der Waals surface area contributed by atoms with Crippen molar-refractivity contribution >= 4 is 11.7 Å². The summed E-state index contributed by atoms with van der Waals surface area (Å²) in [5.41, 5.74) is 8.15. The number of hydrogen-bond donors (Lipinski definition) is 2. The number of ether oxygens (including phenoxy) is 1. The zero-order chi connectivity index (χ0) is 20.4. The Bertz CT molecular complexity index is 1040. The minimum absolute atomic E-state index is 0.0663. The van der Waals surface area contributed by atoms with Crippen molar-refractivity contribution in [3.05, 3.63) is 82.9 Å². The van der Waals surface area contributed by atoms with Gasteiger partial charge in [0.15, 0.2) is 0 Å². The summed E-state index contributed by atoms with van der Waals surface area (Å²) in [6.45, 7) is 4.83. The van der Waals surface area contributed by atoms with E-state index >= 15 is 0 Å². The van der Waals surface area contributed by atoms with Crippen LogP contribution in [-0.2, 0) is 11.2 Å². The number of aliphatic carboxylic acids is 1. The second kappa shape index (κ2) is 8.00. The van der Waals surface area contributed by atoms with E-state index in [1.807, 2.05) is 18.2 Å². The highest BCUT2D eigenvalue weighted by Crippen LogP contribution is 2.36. The van der Waals surface area contributed by atoms with Gasteiger partial charge in [-0.1, -0.05) is 42.5 Å². The maximum Gasteiger partial charge on any atom is 0.303 e. The van der Waals surface area contributed by atoms with Crippen molar-refractivity contribution < 1.29 is 14.6 Å². The van der Waals surface area contributed by atoms with Crippen LogP contribution in [0.1, 0.15) is 34.7 Å². The third kappa shape index (κ3) is 4.11. The lowest BCUT2D eigenvalue weighted by atomic mass is 9.93. The molecular formula is C25H25NO3. The third-order valence-corrected chi connectivity index (χ3v) is 5.47. The van der Waals surface area contributed by atoms with E-state index in [1.165, 1.54) is 27.8 Å². The molecular weight excluding hydrogens is 362 g/mol. The molecule has 1 aliphatic rings. The molecule has 0 amide bonds. The van der Waals surface area contributed by atoms with Gasteiger partial charge in [-0.15, -0.1) is 0 Å². The molecule has 0 saturated heterocycles. The Kier molecular flexibility index (Phi) is 5.26. The van der Waals surface area contributed by atoms with Gasteiger partial charge in [0.2, 0.25) is 0 Å².